The number of fused-ring (bicyclic) bond motifs is 1. The van der Waals surface area contributed by atoms with Gasteiger partial charge in [0.2, 0.25) is 0 Å². The quantitative estimate of drug-likeness (QED) is 0.733. The molecule has 0 saturated carbocycles. The number of nitrogens with zero attached hydrogens (tertiary/aromatic N) is 1. The highest BCUT2D eigenvalue weighted by atomic mass is 16.5. The van der Waals surface area contributed by atoms with Crippen LogP contribution >= 0.6 is 0 Å². The number of anilines is 1. The summed E-state index contributed by atoms with van der Waals surface area (Å²) in [5.41, 5.74) is 1.25. The number of hydrogen-bond acceptors (Lipinski definition) is 6. The molecule has 158 valence electrons. The van der Waals surface area contributed by atoms with E-state index in [9.17, 15) is 9.59 Å². The molecule has 2 amide bonds. The van der Waals surface area contributed by atoms with Gasteiger partial charge in [-0.3, -0.25) is 9.59 Å². The van der Waals surface area contributed by atoms with E-state index in [1.807, 2.05) is 6.07 Å². The van der Waals surface area contributed by atoms with Crippen LogP contribution in [0.3, 0.4) is 0 Å². The Bertz CT molecular complexity index is 972. The molecular formula is C22H24N2O6. The Morgan fingerprint density at radius 1 is 1.07 bits per heavy atom. The molecule has 1 heterocycles. The number of carbonyl (C=O) groups excluding carboxylic acids is 2. The van der Waals surface area contributed by atoms with Gasteiger partial charge in [-0.05, 0) is 24.3 Å². The Labute approximate surface area is 175 Å². The van der Waals surface area contributed by atoms with Crippen LogP contribution in [0, 0.1) is 0 Å². The Morgan fingerprint density at radius 3 is 2.40 bits per heavy atom. The van der Waals surface area contributed by atoms with Gasteiger partial charge in [0.25, 0.3) is 11.8 Å². The first-order chi connectivity index (χ1) is 14.5. The fourth-order valence-corrected chi connectivity index (χ4v) is 3.17. The number of likely N-dealkylation sites (N-methyl/N-ethyl adjacent to an activating group) is 1. The molecule has 3 rings (SSSR count). The van der Waals surface area contributed by atoms with E-state index < -0.39 is 6.10 Å². The number of carbonyl (C=O) groups is 2. The van der Waals surface area contributed by atoms with Gasteiger partial charge < -0.3 is 29.2 Å². The van der Waals surface area contributed by atoms with E-state index >= 15 is 0 Å². The zero-order valence-electron chi connectivity index (χ0n) is 17.3. The molecule has 0 spiro atoms. The van der Waals surface area contributed by atoms with Gasteiger partial charge in [0.05, 0.1) is 33.6 Å². The monoisotopic (exact) mass is 412 g/mol. The second kappa shape index (κ2) is 9.21. The fraction of sp³-hybridized carbons (Fsp3) is 0.273. The molecule has 1 aliphatic rings. The molecule has 8 heteroatoms. The number of ether oxygens (including phenoxy) is 4. The van der Waals surface area contributed by atoms with Crippen LogP contribution < -0.4 is 29.2 Å². The van der Waals surface area contributed by atoms with Crippen LogP contribution in [-0.2, 0) is 9.59 Å². The summed E-state index contributed by atoms with van der Waals surface area (Å²) in [5.74, 6) is 1.45. The maximum atomic E-state index is 13.0. The lowest BCUT2D eigenvalue weighted by atomic mass is 10.1. The summed E-state index contributed by atoms with van der Waals surface area (Å²) in [6, 6.07) is 10.5. The van der Waals surface area contributed by atoms with Gasteiger partial charge in [0, 0.05) is 24.8 Å². The normalized spacial score (nSPS) is 15.2. The molecule has 2 aromatic rings. The zero-order chi connectivity index (χ0) is 21.7. The number of para-hydroxylation sites is 2. The molecule has 2 aromatic carbocycles. The van der Waals surface area contributed by atoms with Gasteiger partial charge in [-0.15, -0.1) is 0 Å². The second-order valence-corrected chi connectivity index (χ2v) is 6.42. The van der Waals surface area contributed by atoms with Gasteiger partial charge in [-0.2, -0.15) is 0 Å². The average molecular weight is 412 g/mol. The van der Waals surface area contributed by atoms with Crippen molar-refractivity contribution < 1.29 is 28.5 Å². The van der Waals surface area contributed by atoms with E-state index in [1.54, 1.807) is 36.4 Å². The standard InChI is InChI=1S/C22H24N2O6/c1-23-22(26)20-13-24(15-7-5-6-8-16(15)30-20)21(25)10-9-14-11-18(28-3)19(29-4)12-17(14)27-2/h5-12,20H,13H2,1-4H3,(H,23,26)/b10-9+/t20-/m0/s1. The Hall–Kier alpha value is -3.68. The third-order valence-corrected chi connectivity index (χ3v) is 4.72. The van der Waals surface area contributed by atoms with Crippen LogP contribution in [0.2, 0.25) is 0 Å². The van der Waals surface area contributed by atoms with E-state index in [1.165, 1.54) is 39.4 Å². The summed E-state index contributed by atoms with van der Waals surface area (Å²) in [6.07, 6.45) is 2.26. The van der Waals surface area contributed by atoms with Crippen LogP contribution in [0.4, 0.5) is 5.69 Å². The van der Waals surface area contributed by atoms with Crippen LogP contribution in [0.15, 0.2) is 42.5 Å². The maximum Gasteiger partial charge on any atom is 0.262 e. The van der Waals surface area contributed by atoms with Gasteiger partial charge in [-0.1, -0.05) is 12.1 Å². The summed E-state index contributed by atoms with van der Waals surface area (Å²) >= 11 is 0. The van der Waals surface area contributed by atoms with Crippen molar-refractivity contribution in [3.63, 3.8) is 0 Å². The van der Waals surface area contributed by atoms with E-state index in [4.69, 9.17) is 18.9 Å². The Balaban J connectivity index is 1.91. The third kappa shape index (κ3) is 4.17. The van der Waals surface area contributed by atoms with Crippen LogP contribution in [0.1, 0.15) is 5.56 Å². The molecule has 0 radical (unpaired) electrons. The minimum atomic E-state index is -0.794. The number of methoxy groups -OCH3 is 3. The molecule has 8 nitrogen and oxygen atoms in total. The van der Waals surface area contributed by atoms with Gasteiger partial charge in [-0.25, -0.2) is 0 Å². The summed E-state index contributed by atoms with van der Waals surface area (Å²) < 4.78 is 21.7. The summed E-state index contributed by atoms with van der Waals surface area (Å²) in [4.78, 5) is 26.6. The van der Waals surface area contributed by atoms with Crippen molar-refractivity contribution in [2.75, 3.05) is 39.8 Å². The van der Waals surface area contributed by atoms with Crippen LogP contribution in [0.5, 0.6) is 23.0 Å². The van der Waals surface area contributed by atoms with Crippen molar-refractivity contribution in [2.24, 2.45) is 0 Å². The summed E-state index contributed by atoms with van der Waals surface area (Å²) in [7, 11) is 6.13. The number of benzene rings is 2. The van der Waals surface area contributed by atoms with Crippen molar-refractivity contribution in [1.29, 1.82) is 0 Å². The largest absolute Gasteiger partial charge is 0.496 e. The lowest BCUT2D eigenvalue weighted by molar-refractivity contribution is -0.127. The van der Waals surface area contributed by atoms with E-state index in [0.717, 1.165) is 0 Å². The molecule has 0 aliphatic carbocycles. The molecule has 0 fully saturated rings. The lowest BCUT2D eigenvalue weighted by Crippen LogP contribution is -2.49. The van der Waals surface area contributed by atoms with Crippen molar-refractivity contribution in [2.45, 2.75) is 6.10 Å². The van der Waals surface area contributed by atoms with Gasteiger partial charge in [0.1, 0.15) is 11.5 Å². The Kier molecular flexibility index (Phi) is 6.46. The molecule has 0 saturated heterocycles. The van der Waals surface area contributed by atoms with Crippen molar-refractivity contribution in [3.05, 3.63) is 48.0 Å². The highest BCUT2D eigenvalue weighted by Crippen LogP contribution is 2.36. The molecule has 0 bridgehead atoms. The first-order valence-corrected chi connectivity index (χ1v) is 9.29. The average Bonchev–Trinajstić information content (AvgIpc) is 2.80. The molecular weight excluding hydrogens is 388 g/mol. The van der Waals surface area contributed by atoms with Crippen molar-refractivity contribution >= 4 is 23.6 Å². The second-order valence-electron chi connectivity index (χ2n) is 6.42. The predicted octanol–water partition coefficient (Wildman–Crippen LogP) is 2.27. The fourth-order valence-electron chi connectivity index (χ4n) is 3.17. The minimum Gasteiger partial charge on any atom is -0.496 e. The first kappa shape index (κ1) is 21.0. The number of amides is 2. The Morgan fingerprint density at radius 2 is 1.73 bits per heavy atom. The molecule has 1 N–H and O–H groups in total. The van der Waals surface area contributed by atoms with E-state index in [2.05, 4.69) is 5.32 Å². The third-order valence-electron chi connectivity index (χ3n) is 4.72. The highest BCUT2D eigenvalue weighted by Gasteiger charge is 2.32. The predicted molar refractivity (Wildman–Crippen MR) is 112 cm³/mol. The smallest absolute Gasteiger partial charge is 0.262 e. The molecule has 1 atom stereocenters. The minimum absolute atomic E-state index is 0.100. The lowest BCUT2D eigenvalue weighted by Gasteiger charge is -2.33. The summed E-state index contributed by atoms with van der Waals surface area (Å²) in [6.45, 7) is 0.100. The van der Waals surface area contributed by atoms with Gasteiger partial charge in [0.15, 0.2) is 17.6 Å². The van der Waals surface area contributed by atoms with Gasteiger partial charge >= 0.3 is 0 Å². The maximum absolute atomic E-state index is 13.0. The molecule has 0 unspecified atom stereocenters. The van der Waals surface area contributed by atoms with Crippen molar-refractivity contribution in [1.82, 2.24) is 5.32 Å². The van der Waals surface area contributed by atoms with Crippen LogP contribution in [0.25, 0.3) is 6.08 Å². The number of rotatable bonds is 6. The zero-order valence-corrected chi connectivity index (χ0v) is 17.3. The molecule has 30 heavy (non-hydrogen) atoms. The van der Waals surface area contributed by atoms with Crippen molar-refractivity contribution in [3.8, 4) is 23.0 Å². The first-order valence-electron chi connectivity index (χ1n) is 9.29. The number of hydrogen-bond donors (Lipinski definition) is 1. The molecule has 0 aromatic heterocycles. The topological polar surface area (TPSA) is 86.3 Å². The molecule has 1 aliphatic heterocycles. The highest BCUT2D eigenvalue weighted by molar-refractivity contribution is 6.06. The SMILES string of the molecule is CNC(=O)[C@@H]1CN(C(=O)/C=C/c2cc(OC)c(OC)cc2OC)c2ccccc2O1. The van der Waals surface area contributed by atoms with Crippen LogP contribution in [-0.4, -0.2) is 52.8 Å². The van der Waals surface area contributed by atoms with E-state index in [-0.39, 0.29) is 18.4 Å². The van der Waals surface area contributed by atoms with E-state index in [0.29, 0.717) is 34.2 Å². The summed E-state index contributed by atoms with van der Waals surface area (Å²) in [5, 5.41) is 2.56. The number of nitrogens with one attached hydrogen (secondary N) is 1.